The van der Waals surface area contributed by atoms with E-state index in [1.807, 2.05) is 7.05 Å². The minimum absolute atomic E-state index is 0. The first kappa shape index (κ1) is 24.9. The van der Waals surface area contributed by atoms with E-state index < -0.39 is 9.84 Å². The average molecular weight is 515 g/mol. The van der Waals surface area contributed by atoms with Crippen LogP contribution in [0.1, 0.15) is 46.0 Å². The number of nitrogens with one attached hydrogen (secondary N) is 1. The number of nitrogens with zero attached hydrogens (tertiary/aromatic N) is 3. The lowest BCUT2D eigenvalue weighted by atomic mass is 9.90. The van der Waals surface area contributed by atoms with Gasteiger partial charge in [0.1, 0.15) is 9.84 Å². The van der Waals surface area contributed by atoms with Crippen LogP contribution in [0.2, 0.25) is 0 Å². The van der Waals surface area contributed by atoms with Gasteiger partial charge in [-0.1, -0.05) is 20.3 Å². The van der Waals surface area contributed by atoms with Crippen LogP contribution in [0, 0.1) is 11.3 Å². The summed E-state index contributed by atoms with van der Waals surface area (Å²) >= 11 is 0. The van der Waals surface area contributed by atoms with Crippen LogP contribution in [0.3, 0.4) is 0 Å². The Balaban J connectivity index is 0.00000364. The number of rotatable bonds is 7. The first-order chi connectivity index (χ1) is 12.2. The Hall–Kier alpha value is -0.0900. The number of aliphatic imine (C=N–C) groups is 1. The van der Waals surface area contributed by atoms with Crippen molar-refractivity contribution in [3.63, 3.8) is 0 Å². The molecule has 1 unspecified atom stereocenters. The van der Waals surface area contributed by atoms with E-state index >= 15 is 0 Å². The summed E-state index contributed by atoms with van der Waals surface area (Å²) in [4.78, 5) is 9.45. The van der Waals surface area contributed by atoms with Crippen molar-refractivity contribution in [2.75, 3.05) is 58.3 Å². The van der Waals surface area contributed by atoms with E-state index in [1.165, 1.54) is 51.6 Å². The van der Waals surface area contributed by atoms with Gasteiger partial charge in [-0.15, -0.1) is 24.0 Å². The molecule has 1 N–H and O–H groups in total. The van der Waals surface area contributed by atoms with Gasteiger partial charge in [-0.05, 0) is 50.1 Å². The van der Waals surface area contributed by atoms with Crippen molar-refractivity contribution in [2.24, 2.45) is 16.3 Å². The third kappa shape index (κ3) is 9.30. The maximum absolute atomic E-state index is 11.4. The van der Waals surface area contributed by atoms with Crippen molar-refractivity contribution < 1.29 is 8.42 Å². The monoisotopic (exact) mass is 514 g/mol. The first-order valence-corrected chi connectivity index (χ1v) is 12.1. The Labute approximate surface area is 183 Å². The van der Waals surface area contributed by atoms with E-state index in [9.17, 15) is 8.42 Å². The summed E-state index contributed by atoms with van der Waals surface area (Å²) in [5.41, 5.74) is -0.0774. The van der Waals surface area contributed by atoms with Crippen molar-refractivity contribution in [1.82, 2.24) is 15.1 Å². The van der Waals surface area contributed by atoms with Gasteiger partial charge in [0.2, 0.25) is 0 Å². The van der Waals surface area contributed by atoms with E-state index in [2.05, 4.69) is 34.0 Å². The standard InChI is InChI=1S/C19H38N4O2S.HI/c1-19(2,9-13-26(4,24)25)16-21-18(20-3)23-12-8-17(15-23)14-22-10-6-5-7-11-22;/h17H,5-16H2,1-4H3,(H,20,21);1H. The average Bonchev–Trinajstić information content (AvgIpc) is 3.02. The predicted octanol–water partition coefficient (Wildman–Crippen LogP) is 2.45. The van der Waals surface area contributed by atoms with Gasteiger partial charge in [0.25, 0.3) is 0 Å². The van der Waals surface area contributed by atoms with E-state index in [4.69, 9.17) is 0 Å². The fraction of sp³-hybridized carbons (Fsp3) is 0.947. The molecule has 8 heteroatoms. The second-order valence-electron chi connectivity index (χ2n) is 8.91. The molecule has 0 aromatic carbocycles. The Kier molecular flexibility index (Phi) is 10.3. The van der Waals surface area contributed by atoms with Crippen LogP contribution < -0.4 is 5.32 Å². The fourth-order valence-electron chi connectivity index (χ4n) is 3.88. The Morgan fingerprint density at radius 2 is 1.85 bits per heavy atom. The van der Waals surface area contributed by atoms with E-state index in [1.54, 1.807) is 0 Å². The highest BCUT2D eigenvalue weighted by molar-refractivity contribution is 14.0. The van der Waals surface area contributed by atoms with Crippen LogP contribution in [-0.2, 0) is 9.84 Å². The number of hydrogen-bond donors (Lipinski definition) is 1. The van der Waals surface area contributed by atoms with Crippen LogP contribution in [-0.4, -0.2) is 82.5 Å². The lowest BCUT2D eigenvalue weighted by Gasteiger charge is -2.30. The van der Waals surface area contributed by atoms with Gasteiger partial charge in [-0.3, -0.25) is 4.99 Å². The van der Waals surface area contributed by atoms with Crippen LogP contribution in [0.25, 0.3) is 0 Å². The second kappa shape index (κ2) is 11.2. The van der Waals surface area contributed by atoms with Crippen molar-refractivity contribution >= 4 is 39.8 Å². The second-order valence-corrected chi connectivity index (χ2v) is 11.2. The lowest BCUT2D eigenvalue weighted by molar-refractivity contribution is 0.198. The molecule has 0 aliphatic carbocycles. The van der Waals surface area contributed by atoms with E-state index in [-0.39, 0.29) is 35.1 Å². The van der Waals surface area contributed by atoms with Crippen LogP contribution in [0.5, 0.6) is 0 Å². The highest BCUT2D eigenvalue weighted by atomic mass is 127. The molecule has 0 bridgehead atoms. The molecule has 2 aliphatic heterocycles. The Morgan fingerprint density at radius 3 is 2.44 bits per heavy atom. The molecular weight excluding hydrogens is 475 g/mol. The van der Waals surface area contributed by atoms with Crippen molar-refractivity contribution in [3.05, 3.63) is 0 Å². The summed E-state index contributed by atoms with van der Waals surface area (Å²) in [6.45, 7) is 10.8. The van der Waals surface area contributed by atoms with Gasteiger partial charge >= 0.3 is 0 Å². The van der Waals surface area contributed by atoms with E-state index in [0.717, 1.165) is 31.5 Å². The summed E-state index contributed by atoms with van der Waals surface area (Å²) in [7, 11) is -1.07. The maximum Gasteiger partial charge on any atom is 0.193 e. The number of sulfone groups is 1. The Morgan fingerprint density at radius 1 is 1.19 bits per heavy atom. The van der Waals surface area contributed by atoms with Gasteiger partial charge < -0.3 is 15.1 Å². The molecule has 160 valence electrons. The molecule has 27 heavy (non-hydrogen) atoms. The minimum atomic E-state index is -2.91. The first-order valence-electron chi connectivity index (χ1n) is 10.0. The predicted molar refractivity (Wildman–Crippen MR) is 125 cm³/mol. The number of piperidine rings is 1. The van der Waals surface area contributed by atoms with Gasteiger partial charge in [0.15, 0.2) is 5.96 Å². The van der Waals surface area contributed by atoms with Gasteiger partial charge in [-0.25, -0.2) is 8.42 Å². The van der Waals surface area contributed by atoms with E-state index in [0.29, 0.717) is 6.42 Å². The molecule has 0 aromatic heterocycles. The third-order valence-electron chi connectivity index (χ3n) is 5.64. The zero-order chi connectivity index (χ0) is 19.2. The molecular formula is C19H39IN4O2S. The number of hydrogen-bond acceptors (Lipinski definition) is 4. The topological polar surface area (TPSA) is 65.0 Å². The van der Waals surface area contributed by atoms with Crippen molar-refractivity contribution in [3.8, 4) is 0 Å². The maximum atomic E-state index is 11.4. The quantitative estimate of drug-likeness (QED) is 0.321. The van der Waals surface area contributed by atoms with Crippen LogP contribution in [0.15, 0.2) is 4.99 Å². The normalized spacial score (nSPS) is 22.6. The Bertz CT molecular complexity index is 574. The molecule has 2 aliphatic rings. The number of likely N-dealkylation sites (tertiary alicyclic amines) is 2. The highest BCUT2D eigenvalue weighted by Gasteiger charge is 2.28. The molecule has 2 saturated heterocycles. The summed E-state index contributed by atoms with van der Waals surface area (Å²) in [6, 6.07) is 0. The lowest BCUT2D eigenvalue weighted by Crippen LogP contribution is -2.44. The molecule has 0 radical (unpaired) electrons. The minimum Gasteiger partial charge on any atom is -0.356 e. The third-order valence-corrected chi connectivity index (χ3v) is 6.58. The van der Waals surface area contributed by atoms with Crippen molar-refractivity contribution in [2.45, 2.75) is 46.0 Å². The highest BCUT2D eigenvalue weighted by Crippen LogP contribution is 2.22. The zero-order valence-electron chi connectivity index (χ0n) is 17.5. The molecule has 1 atom stereocenters. The fourth-order valence-corrected chi connectivity index (χ4v) is 4.81. The van der Waals surface area contributed by atoms with Crippen LogP contribution >= 0.6 is 24.0 Å². The molecule has 0 spiro atoms. The smallest absolute Gasteiger partial charge is 0.193 e. The summed E-state index contributed by atoms with van der Waals surface area (Å²) in [5, 5.41) is 3.48. The summed E-state index contributed by atoms with van der Waals surface area (Å²) in [6.07, 6.45) is 7.29. The molecule has 2 fully saturated rings. The number of halogens is 1. The summed E-state index contributed by atoms with van der Waals surface area (Å²) in [5.74, 6) is 1.92. The number of guanidine groups is 1. The van der Waals surface area contributed by atoms with Gasteiger partial charge in [-0.2, -0.15) is 0 Å². The van der Waals surface area contributed by atoms with Gasteiger partial charge in [0, 0.05) is 39.5 Å². The molecule has 0 saturated carbocycles. The van der Waals surface area contributed by atoms with Crippen LogP contribution in [0.4, 0.5) is 0 Å². The van der Waals surface area contributed by atoms with Crippen molar-refractivity contribution in [1.29, 1.82) is 0 Å². The largest absolute Gasteiger partial charge is 0.356 e. The SMILES string of the molecule is CN=C(NCC(C)(C)CCS(C)(=O)=O)N1CCC(CN2CCCCC2)C1.I. The van der Waals surface area contributed by atoms with Gasteiger partial charge in [0.05, 0.1) is 5.75 Å². The zero-order valence-corrected chi connectivity index (χ0v) is 20.7. The molecule has 2 heterocycles. The molecule has 6 nitrogen and oxygen atoms in total. The molecule has 2 rings (SSSR count). The summed E-state index contributed by atoms with van der Waals surface area (Å²) < 4.78 is 22.8. The molecule has 0 aromatic rings. The molecule has 0 amide bonds.